The molecule has 1 amide bonds. The van der Waals surface area contributed by atoms with Gasteiger partial charge in [-0.1, -0.05) is 5.16 Å². The molecule has 0 bridgehead atoms. The largest absolute Gasteiger partial charge is 0.396 e. The maximum atomic E-state index is 11.5. The number of carbonyl (C=O) groups excluding carboxylic acids is 1. The van der Waals surface area contributed by atoms with E-state index in [1.165, 1.54) is 18.7 Å². The minimum Gasteiger partial charge on any atom is -0.396 e. The van der Waals surface area contributed by atoms with Gasteiger partial charge < -0.3 is 15.6 Å². The molecule has 0 atom stereocenters. The number of nitrogen functional groups attached to an aromatic ring is 1. The highest BCUT2D eigenvalue weighted by Gasteiger charge is 2.12. The van der Waals surface area contributed by atoms with Crippen LogP contribution in [0.2, 0.25) is 0 Å². The van der Waals surface area contributed by atoms with Crippen molar-refractivity contribution in [3.8, 4) is 0 Å². The Morgan fingerprint density at radius 1 is 1.57 bits per heavy atom. The summed E-state index contributed by atoms with van der Waals surface area (Å²) in [6, 6.07) is 0. The van der Waals surface area contributed by atoms with Crippen LogP contribution in [0.1, 0.15) is 10.5 Å². The fourth-order valence-electron chi connectivity index (χ4n) is 0.938. The molecule has 0 saturated heterocycles. The summed E-state index contributed by atoms with van der Waals surface area (Å²) in [5.41, 5.74) is 6.44. The number of hydrogen-bond donors (Lipinski definition) is 3. The van der Waals surface area contributed by atoms with Gasteiger partial charge in [-0.2, -0.15) is 5.10 Å². The number of H-pyrrole nitrogens is 1. The first-order chi connectivity index (χ1) is 6.77. The van der Waals surface area contributed by atoms with Crippen molar-refractivity contribution in [1.29, 1.82) is 0 Å². The van der Waals surface area contributed by atoms with E-state index in [1.807, 2.05) is 0 Å². The highest BCUT2D eigenvalue weighted by Crippen LogP contribution is 2.10. The van der Waals surface area contributed by atoms with Crippen LogP contribution in [-0.2, 0) is 0 Å². The van der Waals surface area contributed by atoms with E-state index in [0.717, 1.165) is 0 Å². The van der Waals surface area contributed by atoms with Gasteiger partial charge in [-0.25, -0.2) is 0 Å². The Morgan fingerprint density at radius 2 is 2.43 bits per heavy atom. The number of anilines is 2. The Kier molecular flexibility index (Phi) is 1.90. The van der Waals surface area contributed by atoms with Crippen molar-refractivity contribution in [1.82, 2.24) is 15.4 Å². The molecule has 0 aliphatic heterocycles. The molecule has 0 saturated carbocycles. The van der Waals surface area contributed by atoms with E-state index in [1.54, 1.807) is 0 Å². The minimum absolute atomic E-state index is 0.214. The van der Waals surface area contributed by atoms with Crippen molar-refractivity contribution >= 4 is 17.3 Å². The molecule has 72 valence electrons. The number of rotatable bonds is 2. The van der Waals surface area contributed by atoms with Crippen molar-refractivity contribution in [2.24, 2.45) is 0 Å². The molecule has 0 unspecified atom stereocenters. The molecule has 2 aromatic heterocycles. The van der Waals surface area contributed by atoms with E-state index in [9.17, 15) is 4.79 Å². The number of hydrogen-bond acceptors (Lipinski definition) is 5. The van der Waals surface area contributed by atoms with Crippen molar-refractivity contribution in [2.75, 3.05) is 11.1 Å². The fraction of sp³-hybridized carbons (Fsp3) is 0. The van der Waals surface area contributed by atoms with Crippen molar-refractivity contribution in [3.05, 3.63) is 24.4 Å². The van der Waals surface area contributed by atoms with Gasteiger partial charge >= 0.3 is 0 Å². The first kappa shape index (κ1) is 8.30. The van der Waals surface area contributed by atoms with E-state index in [0.29, 0.717) is 11.4 Å². The van der Waals surface area contributed by atoms with E-state index < -0.39 is 0 Å². The van der Waals surface area contributed by atoms with Crippen LogP contribution in [0.3, 0.4) is 0 Å². The zero-order chi connectivity index (χ0) is 9.97. The molecule has 2 heterocycles. The molecule has 0 aliphatic carbocycles. The van der Waals surface area contributed by atoms with E-state index in [-0.39, 0.29) is 11.6 Å². The zero-order valence-corrected chi connectivity index (χ0v) is 7.02. The van der Waals surface area contributed by atoms with Gasteiger partial charge in [0.25, 0.3) is 5.91 Å². The Hall–Kier alpha value is -2.31. The van der Waals surface area contributed by atoms with Crippen LogP contribution in [0.15, 0.2) is 23.2 Å². The van der Waals surface area contributed by atoms with Crippen LogP contribution >= 0.6 is 0 Å². The van der Waals surface area contributed by atoms with Gasteiger partial charge in [0, 0.05) is 0 Å². The second kappa shape index (κ2) is 3.21. The number of aromatic nitrogens is 3. The predicted octanol–water partition coefficient (Wildman–Crippen LogP) is 0.232. The molecule has 4 N–H and O–H groups in total. The van der Waals surface area contributed by atoms with Crippen molar-refractivity contribution in [2.45, 2.75) is 0 Å². The van der Waals surface area contributed by atoms with Crippen LogP contribution in [0.4, 0.5) is 11.4 Å². The fourth-order valence-corrected chi connectivity index (χ4v) is 0.938. The van der Waals surface area contributed by atoms with Gasteiger partial charge in [-0.05, 0) is 0 Å². The van der Waals surface area contributed by atoms with Gasteiger partial charge in [0.2, 0.25) is 0 Å². The SMILES string of the molecule is Nc1cn[nH]c1C(=O)Nc1cnoc1. The summed E-state index contributed by atoms with van der Waals surface area (Å²) in [5.74, 6) is -0.386. The monoisotopic (exact) mass is 193 g/mol. The number of amides is 1. The second-order valence-corrected chi connectivity index (χ2v) is 2.57. The molecule has 2 aromatic rings. The Labute approximate surface area is 78.3 Å². The van der Waals surface area contributed by atoms with Crippen LogP contribution < -0.4 is 11.1 Å². The molecule has 0 spiro atoms. The lowest BCUT2D eigenvalue weighted by molar-refractivity contribution is 0.102. The Bertz CT molecular complexity index is 433. The predicted molar refractivity (Wildman–Crippen MR) is 47.5 cm³/mol. The summed E-state index contributed by atoms with van der Waals surface area (Å²) in [6.45, 7) is 0. The summed E-state index contributed by atoms with van der Waals surface area (Å²) in [5, 5.41) is 12.1. The third-order valence-electron chi connectivity index (χ3n) is 1.59. The summed E-state index contributed by atoms with van der Waals surface area (Å²) in [7, 11) is 0. The number of nitrogens with zero attached hydrogens (tertiary/aromatic N) is 2. The maximum absolute atomic E-state index is 11.5. The molecule has 2 rings (SSSR count). The molecular weight excluding hydrogens is 186 g/mol. The van der Waals surface area contributed by atoms with Crippen molar-refractivity contribution < 1.29 is 9.32 Å². The zero-order valence-electron chi connectivity index (χ0n) is 7.02. The quantitative estimate of drug-likeness (QED) is 0.632. The second-order valence-electron chi connectivity index (χ2n) is 2.57. The first-order valence-electron chi connectivity index (χ1n) is 3.77. The average Bonchev–Trinajstić information content (AvgIpc) is 2.75. The lowest BCUT2D eigenvalue weighted by Gasteiger charge is -1.98. The number of nitrogens with two attached hydrogens (primary N) is 1. The third kappa shape index (κ3) is 1.42. The Morgan fingerprint density at radius 3 is 3.00 bits per heavy atom. The van der Waals surface area contributed by atoms with Crippen LogP contribution in [0.5, 0.6) is 0 Å². The normalized spacial score (nSPS) is 10.0. The topological polar surface area (TPSA) is 110 Å². The van der Waals surface area contributed by atoms with Gasteiger partial charge in [-0.15, -0.1) is 0 Å². The number of nitrogens with one attached hydrogen (secondary N) is 2. The maximum Gasteiger partial charge on any atom is 0.275 e. The van der Waals surface area contributed by atoms with Gasteiger partial charge in [-0.3, -0.25) is 9.89 Å². The molecular formula is C7H7N5O2. The molecule has 0 aliphatic rings. The van der Waals surface area contributed by atoms with Gasteiger partial charge in [0.15, 0.2) is 0 Å². The lowest BCUT2D eigenvalue weighted by Crippen LogP contribution is -2.13. The van der Waals surface area contributed by atoms with Gasteiger partial charge in [0.05, 0.1) is 18.1 Å². The first-order valence-corrected chi connectivity index (χ1v) is 3.77. The smallest absolute Gasteiger partial charge is 0.275 e. The van der Waals surface area contributed by atoms with E-state index >= 15 is 0 Å². The van der Waals surface area contributed by atoms with Crippen LogP contribution in [-0.4, -0.2) is 21.3 Å². The number of aromatic amines is 1. The molecule has 0 radical (unpaired) electrons. The summed E-state index contributed by atoms with van der Waals surface area (Å²) in [6.07, 6.45) is 4.05. The van der Waals surface area contributed by atoms with E-state index in [4.69, 9.17) is 5.73 Å². The summed E-state index contributed by atoms with van der Waals surface area (Å²) in [4.78, 5) is 11.5. The standard InChI is InChI=1S/C7H7N5O2/c8-5-2-9-12-6(5)7(13)11-4-1-10-14-3-4/h1-3H,8H2,(H,9,12)(H,11,13). The highest BCUT2D eigenvalue weighted by molar-refractivity contribution is 6.05. The summed E-state index contributed by atoms with van der Waals surface area (Å²) >= 11 is 0. The molecule has 0 aromatic carbocycles. The molecule has 7 nitrogen and oxygen atoms in total. The Balaban J connectivity index is 2.14. The molecule has 0 fully saturated rings. The molecule has 7 heteroatoms. The van der Waals surface area contributed by atoms with Crippen LogP contribution in [0, 0.1) is 0 Å². The van der Waals surface area contributed by atoms with Gasteiger partial charge in [0.1, 0.15) is 17.6 Å². The highest BCUT2D eigenvalue weighted by atomic mass is 16.5. The van der Waals surface area contributed by atoms with E-state index in [2.05, 4.69) is 25.2 Å². The summed E-state index contributed by atoms with van der Waals surface area (Å²) < 4.78 is 4.54. The van der Waals surface area contributed by atoms with Crippen molar-refractivity contribution in [3.63, 3.8) is 0 Å². The minimum atomic E-state index is -0.386. The third-order valence-corrected chi connectivity index (χ3v) is 1.59. The average molecular weight is 193 g/mol. The molecule has 14 heavy (non-hydrogen) atoms. The van der Waals surface area contributed by atoms with Crippen LogP contribution in [0.25, 0.3) is 0 Å². The number of carbonyl (C=O) groups is 1. The lowest BCUT2D eigenvalue weighted by atomic mass is 10.3.